The first-order chi connectivity index (χ1) is 11.3. The van der Waals surface area contributed by atoms with Gasteiger partial charge in [0.05, 0.1) is 18.6 Å². The lowest BCUT2D eigenvalue weighted by Crippen LogP contribution is -2.37. The molecule has 1 saturated heterocycles. The average Bonchev–Trinajstić information content (AvgIpc) is 3.15. The van der Waals surface area contributed by atoms with Gasteiger partial charge in [-0.15, -0.1) is 0 Å². The van der Waals surface area contributed by atoms with Crippen LogP contribution in [0.25, 0.3) is 0 Å². The second-order valence-corrected chi connectivity index (χ2v) is 5.66. The minimum atomic E-state index is -0.176. The van der Waals surface area contributed by atoms with Crippen LogP contribution in [0.3, 0.4) is 0 Å². The molecule has 1 fully saturated rings. The molecule has 2 aromatic rings. The van der Waals surface area contributed by atoms with E-state index in [-0.39, 0.29) is 17.9 Å². The average molecular weight is 311 g/mol. The molecule has 3 rings (SSSR count). The molecule has 0 aliphatic carbocycles. The molecule has 2 aromatic carbocycles. The Bertz CT molecular complexity index is 609. The van der Waals surface area contributed by atoms with Gasteiger partial charge in [0.1, 0.15) is 12.4 Å². The van der Waals surface area contributed by atoms with Gasteiger partial charge < -0.3 is 14.8 Å². The van der Waals surface area contributed by atoms with Gasteiger partial charge in [-0.25, -0.2) is 0 Å². The van der Waals surface area contributed by atoms with Crippen LogP contribution >= 0.6 is 0 Å². The highest BCUT2D eigenvalue weighted by Crippen LogP contribution is 2.19. The van der Waals surface area contributed by atoms with E-state index in [9.17, 15) is 4.79 Å². The zero-order valence-electron chi connectivity index (χ0n) is 13.0. The van der Waals surface area contributed by atoms with Crippen LogP contribution in [-0.2, 0) is 9.53 Å². The summed E-state index contributed by atoms with van der Waals surface area (Å²) in [5.41, 5.74) is 1.04. The number of hydrogen-bond acceptors (Lipinski definition) is 3. The lowest BCUT2D eigenvalue weighted by Gasteiger charge is -2.21. The highest BCUT2D eigenvalue weighted by atomic mass is 16.5. The molecule has 0 radical (unpaired) electrons. The maximum atomic E-state index is 12.4. The predicted octanol–water partition coefficient (Wildman–Crippen LogP) is 2.96. The molecule has 1 aliphatic heterocycles. The third-order valence-corrected chi connectivity index (χ3v) is 3.98. The van der Waals surface area contributed by atoms with Crippen molar-refractivity contribution in [2.75, 3.05) is 19.8 Å². The first-order valence-corrected chi connectivity index (χ1v) is 7.94. The van der Waals surface area contributed by atoms with Crippen LogP contribution in [0, 0.1) is 5.92 Å². The molecule has 1 N–H and O–H groups in total. The second kappa shape index (κ2) is 7.79. The van der Waals surface area contributed by atoms with Crippen molar-refractivity contribution in [2.45, 2.75) is 12.5 Å². The molecule has 1 aliphatic rings. The van der Waals surface area contributed by atoms with Crippen molar-refractivity contribution in [3.63, 3.8) is 0 Å². The summed E-state index contributed by atoms with van der Waals surface area (Å²) in [6, 6.07) is 19.4. The molecule has 0 spiro atoms. The minimum absolute atomic E-state index is 0.0352. The number of amides is 1. The molecule has 1 amide bonds. The van der Waals surface area contributed by atoms with Crippen molar-refractivity contribution in [1.82, 2.24) is 5.32 Å². The third kappa shape index (κ3) is 4.33. The summed E-state index contributed by atoms with van der Waals surface area (Å²) in [6.45, 7) is 1.56. The molecule has 2 atom stereocenters. The lowest BCUT2D eigenvalue weighted by atomic mass is 10.0. The number of carbonyl (C=O) groups excluding carboxylic acids is 1. The molecule has 0 unspecified atom stereocenters. The van der Waals surface area contributed by atoms with Crippen LogP contribution in [0.5, 0.6) is 5.75 Å². The molecule has 0 aromatic heterocycles. The molecule has 4 nitrogen and oxygen atoms in total. The number of benzene rings is 2. The van der Waals surface area contributed by atoms with Gasteiger partial charge in [-0.1, -0.05) is 48.5 Å². The van der Waals surface area contributed by atoms with Crippen molar-refractivity contribution in [3.8, 4) is 5.75 Å². The van der Waals surface area contributed by atoms with E-state index < -0.39 is 0 Å². The molecule has 23 heavy (non-hydrogen) atoms. The van der Waals surface area contributed by atoms with Gasteiger partial charge in [0, 0.05) is 6.61 Å². The van der Waals surface area contributed by atoms with Gasteiger partial charge in [-0.3, -0.25) is 4.79 Å². The quantitative estimate of drug-likeness (QED) is 0.892. The van der Waals surface area contributed by atoms with E-state index in [0.717, 1.165) is 17.7 Å². The first kappa shape index (κ1) is 15.6. The summed E-state index contributed by atoms with van der Waals surface area (Å²) in [6.07, 6.45) is 0.785. The molecular formula is C19H21NO3. The Morgan fingerprint density at radius 3 is 2.48 bits per heavy atom. The Labute approximate surface area is 136 Å². The van der Waals surface area contributed by atoms with Crippen LogP contribution in [0.2, 0.25) is 0 Å². The number of rotatable bonds is 6. The zero-order chi connectivity index (χ0) is 15.9. The fourth-order valence-corrected chi connectivity index (χ4v) is 2.63. The number of ether oxygens (including phenoxy) is 2. The maximum Gasteiger partial charge on any atom is 0.226 e. The topological polar surface area (TPSA) is 47.6 Å². The summed E-state index contributed by atoms with van der Waals surface area (Å²) in [5, 5.41) is 3.10. The van der Waals surface area contributed by atoms with Crippen molar-refractivity contribution < 1.29 is 14.3 Å². The SMILES string of the molecule is O=C(N[C@@H](COc1ccccc1)c1ccccc1)[C@H]1CCOC1. The van der Waals surface area contributed by atoms with Gasteiger partial charge in [0.15, 0.2) is 0 Å². The Kier molecular flexibility index (Phi) is 5.27. The Balaban J connectivity index is 1.67. The van der Waals surface area contributed by atoms with Gasteiger partial charge in [-0.05, 0) is 24.1 Å². The normalized spacial score (nSPS) is 18.3. The molecular weight excluding hydrogens is 290 g/mol. The number of nitrogens with one attached hydrogen (secondary N) is 1. The fourth-order valence-electron chi connectivity index (χ4n) is 2.63. The first-order valence-electron chi connectivity index (χ1n) is 7.94. The van der Waals surface area contributed by atoms with Crippen molar-refractivity contribution in [3.05, 3.63) is 66.2 Å². The standard InChI is InChI=1S/C19H21NO3/c21-19(16-11-12-22-13-16)20-18(15-7-3-1-4-8-15)14-23-17-9-5-2-6-10-17/h1-10,16,18H,11-14H2,(H,20,21)/t16-,18-/m0/s1. The largest absolute Gasteiger partial charge is 0.491 e. The van der Waals surface area contributed by atoms with E-state index in [0.29, 0.717) is 19.8 Å². The summed E-state index contributed by atoms with van der Waals surface area (Å²) in [7, 11) is 0. The van der Waals surface area contributed by atoms with Gasteiger partial charge in [0.25, 0.3) is 0 Å². The van der Waals surface area contributed by atoms with Gasteiger partial charge >= 0.3 is 0 Å². The van der Waals surface area contributed by atoms with Crippen LogP contribution in [0.4, 0.5) is 0 Å². The minimum Gasteiger partial charge on any atom is -0.491 e. The van der Waals surface area contributed by atoms with E-state index >= 15 is 0 Å². The summed E-state index contributed by atoms with van der Waals surface area (Å²) < 4.78 is 11.1. The second-order valence-electron chi connectivity index (χ2n) is 5.66. The van der Waals surface area contributed by atoms with E-state index in [1.165, 1.54) is 0 Å². The van der Waals surface area contributed by atoms with Crippen molar-refractivity contribution in [1.29, 1.82) is 0 Å². The van der Waals surface area contributed by atoms with Gasteiger partial charge in [0.2, 0.25) is 5.91 Å². The van der Waals surface area contributed by atoms with E-state index in [1.807, 2.05) is 60.7 Å². The summed E-state index contributed by atoms with van der Waals surface area (Å²) in [5.74, 6) is 0.776. The number of hydrogen-bond donors (Lipinski definition) is 1. The van der Waals surface area contributed by atoms with Crippen LogP contribution in [-0.4, -0.2) is 25.7 Å². The van der Waals surface area contributed by atoms with Crippen LogP contribution in [0.15, 0.2) is 60.7 Å². The predicted molar refractivity (Wildman–Crippen MR) is 88.2 cm³/mol. The highest BCUT2D eigenvalue weighted by Gasteiger charge is 2.26. The lowest BCUT2D eigenvalue weighted by molar-refractivity contribution is -0.126. The van der Waals surface area contributed by atoms with Gasteiger partial charge in [-0.2, -0.15) is 0 Å². The Morgan fingerprint density at radius 1 is 1.13 bits per heavy atom. The summed E-state index contributed by atoms with van der Waals surface area (Å²) in [4.78, 5) is 12.4. The van der Waals surface area contributed by atoms with Crippen LogP contribution < -0.4 is 10.1 Å². The molecule has 4 heteroatoms. The van der Waals surface area contributed by atoms with Crippen LogP contribution in [0.1, 0.15) is 18.0 Å². The molecule has 1 heterocycles. The monoisotopic (exact) mass is 311 g/mol. The van der Waals surface area contributed by atoms with E-state index in [1.54, 1.807) is 0 Å². The molecule has 0 bridgehead atoms. The maximum absolute atomic E-state index is 12.4. The molecule has 120 valence electrons. The third-order valence-electron chi connectivity index (χ3n) is 3.98. The fraction of sp³-hybridized carbons (Fsp3) is 0.316. The number of para-hydroxylation sites is 1. The molecule has 0 saturated carbocycles. The van der Waals surface area contributed by atoms with E-state index in [2.05, 4.69) is 5.32 Å². The summed E-state index contributed by atoms with van der Waals surface area (Å²) >= 11 is 0. The zero-order valence-corrected chi connectivity index (χ0v) is 13.0. The van der Waals surface area contributed by atoms with Crippen molar-refractivity contribution >= 4 is 5.91 Å². The Hall–Kier alpha value is -2.33. The Morgan fingerprint density at radius 2 is 1.83 bits per heavy atom. The number of carbonyl (C=O) groups is 1. The smallest absolute Gasteiger partial charge is 0.226 e. The highest BCUT2D eigenvalue weighted by molar-refractivity contribution is 5.79. The van der Waals surface area contributed by atoms with Crippen molar-refractivity contribution in [2.24, 2.45) is 5.92 Å². The van der Waals surface area contributed by atoms with E-state index in [4.69, 9.17) is 9.47 Å².